The molecule has 0 aliphatic rings. The SMILES string of the molecule is CCOCCCNS(=O)(=O)CCNC(=O)c1cc(OC)cc(OC)c1. The minimum atomic E-state index is -3.44. The first-order chi connectivity index (χ1) is 11.9. The van der Waals surface area contributed by atoms with Crippen LogP contribution in [0.3, 0.4) is 0 Å². The Balaban J connectivity index is 2.46. The van der Waals surface area contributed by atoms with Crippen molar-refractivity contribution < 1.29 is 27.4 Å². The van der Waals surface area contributed by atoms with Crippen molar-refractivity contribution in [2.24, 2.45) is 0 Å². The first-order valence-electron chi connectivity index (χ1n) is 7.98. The molecule has 9 heteroatoms. The Morgan fingerprint density at radius 1 is 1.08 bits per heavy atom. The Morgan fingerprint density at radius 3 is 2.28 bits per heavy atom. The molecular formula is C16H26N2O6S. The summed E-state index contributed by atoms with van der Waals surface area (Å²) in [6.07, 6.45) is 0.600. The lowest BCUT2D eigenvalue weighted by molar-refractivity contribution is 0.0955. The number of nitrogens with one attached hydrogen (secondary N) is 2. The largest absolute Gasteiger partial charge is 0.497 e. The minimum absolute atomic E-state index is 0.000841. The summed E-state index contributed by atoms with van der Waals surface area (Å²) in [5.74, 6) is 0.360. The van der Waals surface area contributed by atoms with Crippen LogP contribution in [0.25, 0.3) is 0 Å². The van der Waals surface area contributed by atoms with E-state index in [-0.39, 0.29) is 12.3 Å². The number of benzene rings is 1. The maximum absolute atomic E-state index is 12.1. The molecule has 0 aromatic heterocycles. The van der Waals surface area contributed by atoms with E-state index < -0.39 is 15.9 Å². The summed E-state index contributed by atoms with van der Waals surface area (Å²) in [5, 5.41) is 2.57. The summed E-state index contributed by atoms with van der Waals surface area (Å²) < 4.78 is 41.5. The van der Waals surface area contributed by atoms with Gasteiger partial charge in [0.2, 0.25) is 10.0 Å². The van der Waals surface area contributed by atoms with Gasteiger partial charge in [0.25, 0.3) is 5.91 Å². The molecule has 0 saturated heterocycles. The molecule has 0 spiro atoms. The number of carbonyl (C=O) groups excluding carboxylic acids is 1. The number of hydrogen-bond acceptors (Lipinski definition) is 6. The second-order valence-electron chi connectivity index (χ2n) is 5.12. The third kappa shape index (κ3) is 8.19. The Bertz CT molecular complexity index is 626. The summed E-state index contributed by atoms with van der Waals surface area (Å²) in [4.78, 5) is 12.1. The number of amides is 1. The molecule has 8 nitrogen and oxygen atoms in total. The van der Waals surface area contributed by atoms with Crippen LogP contribution in [-0.4, -0.2) is 60.6 Å². The Hall–Kier alpha value is -1.84. The van der Waals surface area contributed by atoms with E-state index in [2.05, 4.69) is 10.0 Å². The molecule has 0 heterocycles. The van der Waals surface area contributed by atoms with E-state index in [9.17, 15) is 13.2 Å². The number of sulfonamides is 1. The summed E-state index contributed by atoms with van der Waals surface area (Å²) in [5.41, 5.74) is 0.332. The summed E-state index contributed by atoms with van der Waals surface area (Å²) in [7, 11) is -0.469. The van der Waals surface area contributed by atoms with Gasteiger partial charge >= 0.3 is 0 Å². The van der Waals surface area contributed by atoms with Crippen molar-refractivity contribution in [3.8, 4) is 11.5 Å². The van der Waals surface area contributed by atoms with Crippen molar-refractivity contribution in [3.05, 3.63) is 23.8 Å². The molecule has 25 heavy (non-hydrogen) atoms. The molecule has 0 aliphatic carbocycles. The van der Waals surface area contributed by atoms with Gasteiger partial charge in [0.05, 0.1) is 20.0 Å². The van der Waals surface area contributed by atoms with Gasteiger partial charge in [-0.05, 0) is 25.5 Å². The third-order valence-electron chi connectivity index (χ3n) is 3.26. The summed E-state index contributed by atoms with van der Waals surface area (Å²) in [6.45, 7) is 3.30. The molecule has 1 amide bonds. The predicted octanol–water partition coefficient (Wildman–Crippen LogP) is 0.780. The number of carbonyl (C=O) groups is 1. The molecule has 1 rings (SSSR count). The van der Waals surface area contributed by atoms with E-state index >= 15 is 0 Å². The summed E-state index contributed by atoms with van der Waals surface area (Å²) >= 11 is 0. The Labute approximate surface area is 148 Å². The van der Waals surface area contributed by atoms with Crippen molar-refractivity contribution >= 4 is 15.9 Å². The van der Waals surface area contributed by atoms with Crippen LogP contribution in [-0.2, 0) is 14.8 Å². The van der Waals surface area contributed by atoms with Crippen molar-refractivity contribution in [2.45, 2.75) is 13.3 Å². The van der Waals surface area contributed by atoms with Crippen LogP contribution >= 0.6 is 0 Å². The Morgan fingerprint density at radius 2 is 1.72 bits per heavy atom. The van der Waals surface area contributed by atoms with E-state index in [0.717, 1.165) is 0 Å². The topological polar surface area (TPSA) is 103 Å². The van der Waals surface area contributed by atoms with Crippen LogP contribution in [0.4, 0.5) is 0 Å². The van der Waals surface area contributed by atoms with Crippen molar-refractivity contribution in [1.82, 2.24) is 10.0 Å². The molecule has 0 saturated carbocycles. The average molecular weight is 374 g/mol. The highest BCUT2D eigenvalue weighted by atomic mass is 32.2. The number of methoxy groups -OCH3 is 2. The molecule has 1 aromatic rings. The number of hydrogen-bond donors (Lipinski definition) is 2. The minimum Gasteiger partial charge on any atom is -0.497 e. The normalized spacial score (nSPS) is 11.2. The lowest BCUT2D eigenvalue weighted by Gasteiger charge is -2.10. The quantitative estimate of drug-likeness (QED) is 0.524. The highest BCUT2D eigenvalue weighted by molar-refractivity contribution is 7.89. The molecule has 1 aromatic carbocycles. The zero-order valence-electron chi connectivity index (χ0n) is 14.8. The first-order valence-corrected chi connectivity index (χ1v) is 9.63. The fourth-order valence-corrected chi connectivity index (χ4v) is 2.93. The smallest absolute Gasteiger partial charge is 0.251 e. The lowest BCUT2D eigenvalue weighted by atomic mass is 10.2. The van der Waals surface area contributed by atoms with E-state index in [4.69, 9.17) is 14.2 Å². The van der Waals surface area contributed by atoms with Gasteiger partial charge in [-0.15, -0.1) is 0 Å². The highest BCUT2D eigenvalue weighted by Crippen LogP contribution is 2.22. The zero-order valence-corrected chi connectivity index (χ0v) is 15.6. The molecule has 2 N–H and O–H groups in total. The van der Waals surface area contributed by atoms with Gasteiger partial charge in [-0.1, -0.05) is 0 Å². The number of ether oxygens (including phenoxy) is 3. The zero-order chi connectivity index (χ0) is 18.7. The van der Waals surface area contributed by atoms with Gasteiger partial charge < -0.3 is 19.5 Å². The maximum atomic E-state index is 12.1. The highest BCUT2D eigenvalue weighted by Gasteiger charge is 2.13. The summed E-state index contributed by atoms with van der Waals surface area (Å²) in [6, 6.07) is 4.75. The van der Waals surface area contributed by atoms with E-state index in [1.807, 2.05) is 6.92 Å². The van der Waals surface area contributed by atoms with E-state index in [1.165, 1.54) is 14.2 Å². The van der Waals surface area contributed by atoms with Crippen LogP contribution in [0.1, 0.15) is 23.7 Å². The maximum Gasteiger partial charge on any atom is 0.251 e. The van der Waals surface area contributed by atoms with Crippen LogP contribution in [0.15, 0.2) is 18.2 Å². The van der Waals surface area contributed by atoms with Crippen molar-refractivity contribution in [1.29, 1.82) is 0 Å². The predicted molar refractivity (Wildman–Crippen MR) is 94.8 cm³/mol. The van der Waals surface area contributed by atoms with E-state index in [1.54, 1.807) is 18.2 Å². The van der Waals surface area contributed by atoms with Gasteiger partial charge in [-0.25, -0.2) is 13.1 Å². The molecule has 142 valence electrons. The first kappa shape index (κ1) is 21.2. The Kier molecular flexibility index (Phi) is 9.25. The van der Waals surface area contributed by atoms with Gasteiger partial charge in [-0.2, -0.15) is 0 Å². The monoisotopic (exact) mass is 374 g/mol. The van der Waals surface area contributed by atoms with E-state index in [0.29, 0.717) is 43.2 Å². The standard InChI is InChI=1S/C16H26N2O6S/c1-4-24-8-5-6-18-25(20,21)9-7-17-16(19)13-10-14(22-2)12-15(11-13)23-3/h10-12,18H,4-9H2,1-3H3,(H,17,19). The molecule has 0 unspecified atom stereocenters. The molecule has 0 atom stereocenters. The van der Waals surface area contributed by atoms with Crippen LogP contribution in [0.2, 0.25) is 0 Å². The molecule has 0 radical (unpaired) electrons. The van der Waals surface area contributed by atoms with Crippen LogP contribution in [0, 0.1) is 0 Å². The lowest BCUT2D eigenvalue weighted by Crippen LogP contribution is -2.35. The molecule has 0 aliphatic heterocycles. The third-order valence-corrected chi connectivity index (χ3v) is 4.65. The molecule has 0 bridgehead atoms. The van der Waals surface area contributed by atoms with Gasteiger partial charge in [0.15, 0.2) is 0 Å². The van der Waals surface area contributed by atoms with Gasteiger partial charge in [-0.3, -0.25) is 4.79 Å². The van der Waals surface area contributed by atoms with Crippen molar-refractivity contribution in [2.75, 3.05) is 46.3 Å². The molecular weight excluding hydrogens is 348 g/mol. The number of rotatable bonds is 12. The fourth-order valence-electron chi connectivity index (χ4n) is 1.96. The van der Waals surface area contributed by atoms with Crippen LogP contribution < -0.4 is 19.5 Å². The van der Waals surface area contributed by atoms with Gasteiger partial charge in [0.1, 0.15) is 11.5 Å². The second kappa shape index (κ2) is 10.9. The second-order valence-corrected chi connectivity index (χ2v) is 7.05. The van der Waals surface area contributed by atoms with Crippen LogP contribution in [0.5, 0.6) is 11.5 Å². The average Bonchev–Trinajstić information content (AvgIpc) is 2.60. The molecule has 0 fully saturated rings. The van der Waals surface area contributed by atoms with Crippen molar-refractivity contribution in [3.63, 3.8) is 0 Å². The fraction of sp³-hybridized carbons (Fsp3) is 0.562. The van der Waals surface area contributed by atoms with Gasteiger partial charge in [0, 0.05) is 37.9 Å².